The van der Waals surface area contributed by atoms with E-state index in [2.05, 4.69) is 21.1 Å². The zero-order valence-electron chi connectivity index (χ0n) is 14.2. The van der Waals surface area contributed by atoms with Crippen LogP contribution in [0.4, 0.5) is 11.6 Å². The van der Waals surface area contributed by atoms with Gasteiger partial charge >= 0.3 is 0 Å². The van der Waals surface area contributed by atoms with Crippen molar-refractivity contribution in [1.82, 2.24) is 5.16 Å². The fourth-order valence-corrected chi connectivity index (χ4v) is 4.82. The van der Waals surface area contributed by atoms with Gasteiger partial charge in [0.05, 0.1) is 23.4 Å². The maximum absolute atomic E-state index is 12.0. The van der Waals surface area contributed by atoms with Crippen LogP contribution < -0.4 is 14.8 Å². The van der Waals surface area contributed by atoms with Crippen LogP contribution in [-0.4, -0.2) is 27.1 Å². The van der Waals surface area contributed by atoms with E-state index >= 15 is 0 Å². The van der Waals surface area contributed by atoms with Gasteiger partial charge in [0, 0.05) is 5.56 Å². The number of primary sulfonamides is 1. The Hall–Kier alpha value is -2.21. The van der Waals surface area contributed by atoms with E-state index in [0.717, 1.165) is 0 Å². The van der Waals surface area contributed by atoms with Gasteiger partial charge in [-0.05, 0) is 52.5 Å². The van der Waals surface area contributed by atoms with Gasteiger partial charge in [0.15, 0.2) is 0 Å². The lowest BCUT2D eigenvalue weighted by Gasteiger charge is -2.19. The molecule has 0 aliphatic carbocycles. The summed E-state index contributed by atoms with van der Waals surface area (Å²) in [6.45, 7) is 1.72. The number of halogens is 1. The molecule has 2 N–H and O–H groups in total. The molecule has 0 spiro atoms. The number of nitrogens with zero attached hydrogens (tertiary/aromatic N) is 2. The van der Waals surface area contributed by atoms with Crippen LogP contribution >= 0.6 is 27.3 Å². The first-order valence-electron chi connectivity index (χ1n) is 7.43. The number of sulfonamides is 1. The van der Waals surface area contributed by atoms with E-state index < -0.39 is 10.0 Å². The van der Waals surface area contributed by atoms with Gasteiger partial charge in [-0.15, -0.1) is 11.3 Å². The monoisotopic (exact) mass is 471 g/mol. The number of rotatable bonds is 6. The summed E-state index contributed by atoms with van der Waals surface area (Å²) in [6.07, 6.45) is 0.556. The van der Waals surface area contributed by atoms with Crippen LogP contribution in [0.2, 0.25) is 0 Å². The zero-order chi connectivity index (χ0) is 19.8. The topological polar surface area (TPSA) is 116 Å². The molecule has 27 heavy (non-hydrogen) atoms. The first-order chi connectivity index (χ1) is 12.8. The molecule has 0 saturated carbocycles. The molecule has 0 fully saturated rings. The number of hydrogen-bond acceptors (Lipinski definition) is 7. The van der Waals surface area contributed by atoms with Crippen LogP contribution in [0.3, 0.4) is 0 Å². The van der Waals surface area contributed by atoms with Crippen LogP contribution in [0.5, 0.6) is 5.75 Å². The van der Waals surface area contributed by atoms with Crippen LogP contribution in [0.1, 0.15) is 5.69 Å². The van der Waals surface area contributed by atoms with Gasteiger partial charge in [-0.2, -0.15) is 0 Å². The van der Waals surface area contributed by atoms with E-state index in [9.17, 15) is 13.2 Å². The third-order valence-corrected chi connectivity index (χ3v) is 6.69. The Kier molecular flexibility index (Phi) is 5.38. The highest BCUT2D eigenvalue weighted by Gasteiger charge is 2.25. The van der Waals surface area contributed by atoms with E-state index in [-0.39, 0.29) is 10.8 Å². The average Bonchev–Trinajstić information content (AvgIpc) is 3.25. The van der Waals surface area contributed by atoms with Crippen LogP contribution in [-0.2, 0) is 14.8 Å². The highest BCUT2D eigenvalue weighted by Crippen LogP contribution is 2.43. The van der Waals surface area contributed by atoms with Crippen molar-refractivity contribution in [3.8, 4) is 16.2 Å². The number of thiophene rings is 1. The molecule has 11 heteroatoms. The summed E-state index contributed by atoms with van der Waals surface area (Å²) in [5.41, 5.74) is 1.39. The normalized spacial score (nSPS) is 11.4. The molecule has 8 nitrogen and oxygen atoms in total. The molecule has 0 aliphatic rings. The van der Waals surface area contributed by atoms with E-state index in [1.807, 2.05) is 0 Å². The van der Waals surface area contributed by atoms with Gasteiger partial charge < -0.3 is 9.26 Å². The van der Waals surface area contributed by atoms with E-state index in [0.29, 0.717) is 38.5 Å². The SMILES string of the molecule is COc1ccc(N(C=O)c2onc(C)c2Br)c(-c2sccc2S(N)(=O)=O)c1. The largest absolute Gasteiger partial charge is 0.497 e. The fourth-order valence-electron chi connectivity index (χ4n) is 2.46. The molecule has 1 aromatic carbocycles. The molecule has 3 aromatic rings. The molecule has 0 unspecified atom stereocenters. The number of anilines is 2. The Balaban J connectivity index is 2.28. The van der Waals surface area contributed by atoms with Gasteiger partial charge in [-0.25, -0.2) is 18.5 Å². The first-order valence-corrected chi connectivity index (χ1v) is 10.6. The Labute approximate surface area is 167 Å². The van der Waals surface area contributed by atoms with Gasteiger partial charge in [-0.1, -0.05) is 5.16 Å². The molecular weight excluding hydrogens is 458 g/mol. The number of hydrogen-bond donors (Lipinski definition) is 1. The minimum Gasteiger partial charge on any atom is -0.497 e. The predicted molar refractivity (Wildman–Crippen MR) is 105 cm³/mol. The molecule has 3 rings (SSSR count). The fraction of sp³-hybridized carbons (Fsp3) is 0.125. The highest BCUT2D eigenvalue weighted by molar-refractivity contribution is 9.10. The lowest BCUT2D eigenvalue weighted by Crippen LogP contribution is -2.16. The molecule has 2 aromatic heterocycles. The van der Waals surface area contributed by atoms with Gasteiger partial charge in [-0.3, -0.25) is 4.79 Å². The summed E-state index contributed by atoms with van der Waals surface area (Å²) in [4.78, 5) is 13.4. The van der Waals surface area contributed by atoms with Crippen molar-refractivity contribution < 1.29 is 22.5 Å². The Bertz CT molecular complexity index is 1110. The molecule has 0 aliphatic heterocycles. The summed E-state index contributed by atoms with van der Waals surface area (Å²) >= 11 is 4.52. The Morgan fingerprint density at radius 3 is 2.67 bits per heavy atom. The van der Waals surface area contributed by atoms with Crippen LogP contribution in [0.25, 0.3) is 10.4 Å². The van der Waals surface area contributed by atoms with Crippen molar-refractivity contribution in [1.29, 1.82) is 0 Å². The number of methoxy groups -OCH3 is 1. The quantitative estimate of drug-likeness (QED) is 0.550. The number of carbonyl (C=O) groups is 1. The summed E-state index contributed by atoms with van der Waals surface area (Å²) in [6, 6.07) is 6.32. The van der Waals surface area contributed by atoms with Crippen LogP contribution in [0.15, 0.2) is 43.5 Å². The second kappa shape index (κ2) is 7.43. The second-order valence-corrected chi connectivity index (χ2v) is 8.64. The third-order valence-electron chi connectivity index (χ3n) is 3.74. The van der Waals surface area contributed by atoms with Gasteiger partial charge in [0.1, 0.15) is 15.1 Å². The van der Waals surface area contributed by atoms with Crippen molar-refractivity contribution in [3.05, 3.63) is 39.8 Å². The van der Waals surface area contributed by atoms with E-state index in [1.54, 1.807) is 30.5 Å². The maximum Gasteiger partial charge on any atom is 0.252 e. The lowest BCUT2D eigenvalue weighted by atomic mass is 10.1. The minimum absolute atomic E-state index is 0.0410. The molecule has 0 bridgehead atoms. The molecule has 2 heterocycles. The predicted octanol–water partition coefficient (Wildman–Crippen LogP) is 3.42. The smallest absolute Gasteiger partial charge is 0.252 e. The Morgan fingerprint density at radius 2 is 2.11 bits per heavy atom. The highest BCUT2D eigenvalue weighted by atomic mass is 79.9. The van der Waals surface area contributed by atoms with Crippen molar-refractivity contribution in [2.24, 2.45) is 5.14 Å². The average molecular weight is 472 g/mol. The molecular formula is C16H14BrN3O5S2. The number of aryl methyl sites for hydroxylation is 1. The third kappa shape index (κ3) is 3.63. The summed E-state index contributed by atoms with van der Waals surface area (Å²) in [5, 5.41) is 10.8. The number of amides is 1. The molecule has 0 saturated heterocycles. The van der Waals surface area contributed by atoms with Crippen molar-refractivity contribution in [3.63, 3.8) is 0 Å². The van der Waals surface area contributed by atoms with E-state index in [4.69, 9.17) is 14.4 Å². The second-order valence-electron chi connectivity index (χ2n) is 5.40. The summed E-state index contributed by atoms with van der Waals surface area (Å²) in [5.74, 6) is 0.656. The number of benzene rings is 1. The zero-order valence-corrected chi connectivity index (χ0v) is 17.4. The number of ether oxygens (including phenoxy) is 1. The van der Waals surface area contributed by atoms with Crippen LogP contribution in [0, 0.1) is 6.92 Å². The van der Waals surface area contributed by atoms with Crippen molar-refractivity contribution in [2.45, 2.75) is 11.8 Å². The number of nitrogens with two attached hydrogens (primary N) is 1. The summed E-state index contributed by atoms with van der Waals surface area (Å²) < 4.78 is 34.9. The Morgan fingerprint density at radius 1 is 1.37 bits per heavy atom. The maximum atomic E-state index is 12.0. The van der Waals surface area contributed by atoms with Crippen molar-refractivity contribution in [2.75, 3.05) is 12.0 Å². The first kappa shape index (κ1) is 19.5. The number of aromatic nitrogens is 1. The van der Waals surface area contributed by atoms with Gasteiger partial charge in [0.25, 0.3) is 5.88 Å². The molecule has 142 valence electrons. The standard InChI is InChI=1S/C16H14BrN3O5S2/c1-9-14(17)16(25-19-9)20(8-21)12-4-3-10(24-2)7-11(12)15-13(5-6-26-15)27(18,22)23/h3-8H,1-2H3,(H2,18,22,23). The molecule has 0 radical (unpaired) electrons. The van der Waals surface area contributed by atoms with E-state index in [1.165, 1.54) is 29.4 Å². The molecule has 1 amide bonds. The van der Waals surface area contributed by atoms with Gasteiger partial charge in [0.2, 0.25) is 16.4 Å². The lowest BCUT2D eigenvalue weighted by molar-refractivity contribution is -0.107. The molecule has 0 atom stereocenters. The number of carbonyl (C=O) groups excluding carboxylic acids is 1. The minimum atomic E-state index is -3.96. The summed E-state index contributed by atoms with van der Waals surface area (Å²) in [7, 11) is -2.47. The van der Waals surface area contributed by atoms with Crippen molar-refractivity contribution >= 4 is 55.3 Å².